The van der Waals surface area contributed by atoms with E-state index in [1.54, 1.807) is 0 Å². The Hall–Kier alpha value is -0.570. The number of nitrogens with one attached hydrogen (secondary N) is 1. The third-order valence-electron chi connectivity index (χ3n) is 4.31. The molecule has 18 heavy (non-hydrogen) atoms. The minimum absolute atomic E-state index is 0.199. The lowest BCUT2D eigenvalue weighted by atomic mass is 9.84. The molecule has 3 unspecified atom stereocenters. The number of carbonyl (C=O) groups is 1. The first-order valence-electron chi connectivity index (χ1n) is 7.73. The molecule has 1 aliphatic carbocycles. The molecule has 0 heterocycles. The fraction of sp³-hybridized carbons (Fsp3) is 0.933. The van der Waals surface area contributed by atoms with E-state index < -0.39 is 0 Å². The standard InChI is InChI=1S/C15H30N2O/c1-3-5-8-12(4-2)15(18)17-14-10-7-6-9-13(14)11-16/h12-14H,3-11,16H2,1-2H3,(H,17,18). The van der Waals surface area contributed by atoms with Gasteiger partial charge in [0.05, 0.1) is 0 Å². The van der Waals surface area contributed by atoms with Crippen molar-refractivity contribution in [2.75, 3.05) is 6.54 Å². The normalized spacial score (nSPS) is 25.7. The summed E-state index contributed by atoms with van der Waals surface area (Å²) in [7, 11) is 0. The predicted octanol–water partition coefficient (Wildman–Crippen LogP) is 2.84. The van der Waals surface area contributed by atoms with Gasteiger partial charge in [-0.15, -0.1) is 0 Å². The van der Waals surface area contributed by atoms with Crippen molar-refractivity contribution in [2.24, 2.45) is 17.6 Å². The number of hydrogen-bond donors (Lipinski definition) is 2. The molecule has 1 rings (SSSR count). The molecule has 0 aromatic carbocycles. The maximum Gasteiger partial charge on any atom is 0.223 e. The van der Waals surface area contributed by atoms with Crippen molar-refractivity contribution in [1.82, 2.24) is 5.32 Å². The summed E-state index contributed by atoms with van der Waals surface area (Å²) in [4.78, 5) is 12.3. The van der Waals surface area contributed by atoms with Crippen LogP contribution in [0.4, 0.5) is 0 Å². The Morgan fingerprint density at radius 2 is 2.06 bits per heavy atom. The average molecular weight is 254 g/mol. The molecule has 0 aromatic heterocycles. The summed E-state index contributed by atoms with van der Waals surface area (Å²) in [6, 6.07) is 0.326. The van der Waals surface area contributed by atoms with Crippen molar-refractivity contribution in [3.05, 3.63) is 0 Å². The lowest BCUT2D eigenvalue weighted by Crippen LogP contribution is -2.46. The number of carbonyl (C=O) groups excluding carboxylic acids is 1. The highest BCUT2D eigenvalue weighted by molar-refractivity contribution is 5.78. The van der Waals surface area contributed by atoms with Gasteiger partial charge in [0, 0.05) is 12.0 Å². The van der Waals surface area contributed by atoms with Crippen LogP contribution in [0.5, 0.6) is 0 Å². The van der Waals surface area contributed by atoms with Crippen LogP contribution in [0.1, 0.15) is 65.2 Å². The van der Waals surface area contributed by atoms with Gasteiger partial charge in [0.2, 0.25) is 5.91 Å². The van der Waals surface area contributed by atoms with E-state index >= 15 is 0 Å². The van der Waals surface area contributed by atoms with Crippen LogP contribution < -0.4 is 11.1 Å². The fourth-order valence-corrected chi connectivity index (χ4v) is 2.95. The Bertz CT molecular complexity index is 243. The Morgan fingerprint density at radius 3 is 2.67 bits per heavy atom. The quantitative estimate of drug-likeness (QED) is 0.734. The van der Waals surface area contributed by atoms with Crippen molar-refractivity contribution in [1.29, 1.82) is 0 Å². The van der Waals surface area contributed by atoms with E-state index in [0.29, 0.717) is 18.5 Å². The molecular weight excluding hydrogens is 224 g/mol. The third-order valence-corrected chi connectivity index (χ3v) is 4.31. The first-order valence-corrected chi connectivity index (χ1v) is 7.73. The van der Waals surface area contributed by atoms with Gasteiger partial charge in [0.15, 0.2) is 0 Å². The van der Waals surface area contributed by atoms with E-state index in [0.717, 1.165) is 25.7 Å². The van der Waals surface area contributed by atoms with Crippen LogP contribution in [-0.2, 0) is 4.79 Å². The van der Waals surface area contributed by atoms with Gasteiger partial charge in [0.1, 0.15) is 0 Å². The molecule has 0 spiro atoms. The van der Waals surface area contributed by atoms with Crippen molar-refractivity contribution >= 4 is 5.91 Å². The Kier molecular flexibility index (Phi) is 7.33. The summed E-state index contributed by atoms with van der Waals surface area (Å²) in [6.45, 7) is 4.99. The van der Waals surface area contributed by atoms with Gasteiger partial charge in [-0.25, -0.2) is 0 Å². The largest absolute Gasteiger partial charge is 0.353 e. The van der Waals surface area contributed by atoms with Gasteiger partial charge < -0.3 is 11.1 Å². The summed E-state index contributed by atoms with van der Waals surface area (Å²) in [6.07, 6.45) is 9.07. The molecule has 3 nitrogen and oxygen atoms in total. The molecule has 3 atom stereocenters. The summed E-state index contributed by atoms with van der Waals surface area (Å²) >= 11 is 0. The van der Waals surface area contributed by atoms with Crippen molar-refractivity contribution in [2.45, 2.75) is 71.3 Å². The minimum Gasteiger partial charge on any atom is -0.353 e. The number of rotatable bonds is 7. The highest BCUT2D eigenvalue weighted by atomic mass is 16.1. The molecule has 1 saturated carbocycles. The monoisotopic (exact) mass is 254 g/mol. The van der Waals surface area contributed by atoms with E-state index in [9.17, 15) is 4.79 Å². The SMILES string of the molecule is CCCCC(CC)C(=O)NC1CCCCC1CN. The van der Waals surface area contributed by atoms with Crippen LogP contribution in [-0.4, -0.2) is 18.5 Å². The predicted molar refractivity (Wildman–Crippen MR) is 76.2 cm³/mol. The molecule has 1 amide bonds. The molecule has 0 bridgehead atoms. The lowest BCUT2D eigenvalue weighted by Gasteiger charge is -2.32. The summed E-state index contributed by atoms with van der Waals surface area (Å²) in [5, 5.41) is 3.26. The molecule has 0 aliphatic heterocycles. The van der Waals surface area contributed by atoms with Gasteiger partial charge in [-0.1, -0.05) is 39.5 Å². The van der Waals surface area contributed by atoms with Crippen molar-refractivity contribution in [3.63, 3.8) is 0 Å². The highest BCUT2D eigenvalue weighted by Crippen LogP contribution is 2.24. The van der Waals surface area contributed by atoms with Crippen LogP contribution in [0.15, 0.2) is 0 Å². The topological polar surface area (TPSA) is 55.1 Å². The summed E-state index contributed by atoms with van der Waals surface area (Å²) < 4.78 is 0. The molecule has 1 fully saturated rings. The maximum atomic E-state index is 12.3. The van der Waals surface area contributed by atoms with Crippen molar-refractivity contribution < 1.29 is 4.79 Å². The lowest BCUT2D eigenvalue weighted by molar-refractivity contribution is -0.126. The second-order valence-electron chi connectivity index (χ2n) is 5.64. The number of nitrogens with two attached hydrogens (primary N) is 1. The van der Waals surface area contributed by atoms with E-state index in [-0.39, 0.29) is 11.8 Å². The van der Waals surface area contributed by atoms with Crippen LogP contribution in [0.3, 0.4) is 0 Å². The number of unbranched alkanes of at least 4 members (excludes halogenated alkanes) is 1. The molecule has 0 aromatic rings. The molecule has 0 radical (unpaired) electrons. The molecule has 3 N–H and O–H groups in total. The third kappa shape index (κ3) is 4.60. The van der Waals surface area contributed by atoms with Crippen LogP contribution in [0.25, 0.3) is 0 Å². The Balaban J connectivity index is 2.45. The fourth-order valence-electron chi connectivity index (χ4n) is 2.95. The molecular formula is C15H30N2O. The average Bonchev–Trinajstić information content (AvgIpc) is 2.40. The number of hydrogen-bond acceptors (Lipinski definition) is 2. The van der Waals surface area contributed by atoms with Crippen molar-refractivity contribution in [3.8, 4) is 0 Å². The second kappa shape index (κ2) is 8.52. The summed E-state index contributed by atoms with van der Waals surface area (Å²) in [5.41, 5.74) is 5.81. The van der Waals surface area contributed by atoms with Crippen LogP contribution >= 0.6 is 0 Å². The zero-order chi connectivity index (χ0) is 13.4. The molecule has 106 valence electrons. The zero-order valence-corrected chi connectivity index (χ0v) is 12.1. The highest BCUT2D eigenvalue weighted by Gasteiger charge is 2.27. The van der Waals surface area contributed by atoms with Gasteiger partial charge in [-0.3, -0.25) is 4.79 Å². The van der Waals surface area contributed by atoms with Gasteiger partial charge in [0.25, 0.3) is 0 Å². The van der Waals surface area contributed by atoms with E-state index in [2.05, 4.69) is 19.2 Å². The first-order chi connectivity index (χ1) is 8.72. The molecule has 1 aliphatic rings. The van der Waals surface area contributed by atoms with Gasteiger partial charge in [-0.05, 0) is 38.1 Å². The number of amides is 1. The minimum atomic E-state index is 0.199. The van der Waals surface area contributed by atoms with Gasteiger partial charge in [-0.2, -0.15) is 0 Å². The molecule has 0 saturated heterocycles. The maximum absolute atomic E-state index is 12.3. The van der Waals surface area contributed by atoms with E-state index in [1.165, 1.54) is 25.7 Å². The summed E-state index contributed by atoms with van der Waals surface area (Å²) in [5.74, 6) is 0.952. The van der Waals surface area contributed by atoms with E-state index in [1.807, 2.05) is 0 Å². The van der Waals surface area contributed by atoms with E-state index in [4.69, 9.17) is 5.73 Å². The Labute approximate surface area is 112 Å². The smallest absolute Gasteiger partial charge is 0.223 e. The van der Waals surface area contributed by atoms with Crippen LogP contribution in [0, 0.1) is 11.8 Å². The zero-order valence-electron chi connectivity index (χ0n) is 12.1. The Morgan fingerprint density at radius 1 is 1.33 bits per heavy atom. The molecule has 3 heteroatoms. The second-order valence-corrected chi connectivity index (χ2v) is 5.64. The van der Waals surface area contributed by atoms with Gasteiger partial charge >= 0.3 is 0 Å². The first kappa shape index (κ1) is 15.5. The van der Waals surface area contributed by atoms with Crippen LogP contribution in [0.2, 0.25) is 0 Å².